The molecule has 0 radical (unpaired) electrons. The number of carbonyl (C=O) groups is 2. The minimum Gasteiger partial charge on any atom is -0.481 e. The Balaban J connectivity index is 2.44. The number of rotatable bonds is 2. The molecular formula is C14H16O3. The third-order valence-corrected chi connectivity index (χ3v) is 3.47. The van der Waals surface area contributed by atoms with Crippen molar-refractivity contribution in [3.63, 3.8) is 0 Å². The number of fused-ring (bicyclic) bond motifs is 1. The highest BCUT2D eigenvalue weighted by molar-refractivity contribution is 6.02. The fourth-order valence-electron chi connectivity index (χ4n) is 2.70. The lowest BCUT2D eigenvalue weighted by atomic mass is 9.67. The Bertz CT molecular complexity index is 474. The lowest BCUT2D eigenvalue weighted by molar-refractivity contribution is -0.137. The molecule has 0 saturated heterocycles. The summed E-state index contributed by atoms with van der Waals surface area (Å²) < 4.78 is 0. The van der Waals surface area contributed by atoms with Crippen molar-refractivity contribution in [3.8, 4) is 0 Å². The molecule has 1 aliphatic rings. The topological polar surface area (TPSA) is 54.4 Å². The van der Waals surface area contributed by atoms with E-state index in [4.69, 9.17) is 5.11 Å². The smallest absolute Gasteiger partial charge is 0.304 e. The van der Waals surface area contributed by atoms with Crippen LogP contribution in [0.3, 0.4) is 0 Å². The van der Waals surface area contributed by atoms with Gasteiger partial charge in [-0.25, -0.2) is 0 Å². The Morgan fingerprint density at radius 3 is 2.71 bits per heavy atom. The van der Waals surface area contributed by atoms with Gasteiger partial charge in [0.1, 0.15) is 0 Å². The van der Waals surface area contributed by atoms with E-state index >= 15 is 0 Å². The van der Waals surface area contributed by atoms with Gasteiger partial charge in [0.2, 0.25) is 0 Å². The average Bonchev–Trinajstić information content (AvgIpc) is 2.25. The lowest BCUT2D eigenvalue weighted by Gasteiger charge is -2.35. The highest BCUT2D eigenvalue weighted by atomic mass is 16.4. The molecule has 0 fully saturated rings. The van der Waals surface area contributed by atoms with Crippen LogP contribution in [0.5, 0.6) is 0 Å². The summed E-state index contributed by atoms with van der Waals surface area (Å²) in [7, 11) is 0. The standard InChI is InChI=1S/C14H16O3/c1-14(2)8-9(7-12(15)16)13(17)10-5-3-4-6-11(10)14/h3-6,9H,7-8H2,1-2H3,(H,15,16). The number of hydrogen-bond acceptors (Lipinski definition) is 2. The molecule has 90 valence electrons. The molecule has 0 bridgehead atoms. The normalized spacial score (nSPS) is 22.0. The fourth-order valence-corrected chi connectivity index (χ4v) is 2.70. The first-order chi connectivity index (χ1) is 7.92. The Morgan fingerprint density at radius 2 is 2.06 bits per heavy atom. The van der Waals surface area contributed by atoms with E-state index in [-0.39, 0.29) is 17.6 Å². The van der Waals surface area contributed by atoms with Crippen molar-refractivity contribution in [3.05, 3.63) is 35.4 Å². The molecule has 0 spiro atoms. The number of carboxylic acids is 1. The van der Waals surface area contributed by atoms with Crippen LogP contribution >= 0.6 is 0 Å². The maximum atomic E-state index is 12.2. The van der Waals surface area contributed by atoms with Crippen molar-refractivity contribution in [2.75, 3.05) is 0 Å². The third kappa shape index (κ3) is 2.09. The van der Waals surface area contributed by atoms with Crippen LogP contribution in [0, 0.1) is 5.92 Å². The minimum atomic E-state index is -0.904. The summed E-state index contributed by atoms with van der Waals surface area (Å²) in [5, 5.41) is 8.85. The molecule has 1 aromatic rings. The highest BCUT2D eigenvalue weighted by Crippen LogP contribution is 2.40. The zero-order valence-electron chi connectivity index (χ0n) is 10.1. The monoisotopic (exact) mass is 232 g/mol. The molecule has 0 aromatic heterocycles. The van der Waals surface area contributed by atoms with Gasteiger partial charge in [0.25, 0.3) is 0 Å². The second kappa shape index (κ2) is 3.99. The summed E-state index contributed by atoms with van der Waals surface area (Å²) >= 11 is 0. The number of benzene rings is 1. The summed E-state index contributed by atoms with van der Waals surface area (Å²) in [5.41, 5.74) is 1.59. The Hall–Kier alpha value is -1.64. The van der Waals surface area contributed by atoms with Crippen LogP contribution in [0.15, 0.2) is 24.3 Å². The molecule has 1 aliphatic carbocycles. The van der Waals surface area contributed by atoms with Crippen molar-refractivity contribution < 1.29 is 14.7 Å². The van der Waals surface area contributed by atoms with Gasteiger partial charge in [-0.15, -0.1) is 0 Å². The zero-order valence-corrected chi connectivity index (χ0v) is 10.1. The number of carbonyl (C=O) groups excluding carboxylic acids is 1. The summed E-state index contributed by atoms with van der Waals surface area (Å²) in [6.07, 6.45) is 0.533. The van der Waals surface area contributed by atoms with Gasteiger partial charge in [0.05, 0.1) is 6.42 Å². The molecule has 0 heterocycles. The van der Waals surface area contributed by atoms with Crippen LogP contribution < -0.4 is 0 Å². The Labute approximate surface area is 100 Å². The predicted octanol–water partition coefficient (Wildman–Crippen LogP) is 2.64. The molecule has 3 nitrogen and oxygen atoms in total. The first-order valence-corrected chi connectivity index (χ1v) is 5.77. The molecule has 1 aromatic carbocycles. The van der Waals surface area contributed by atoms with Crippen LogP contribution in [0.4, 0.5) is 0 Å². The molecule has 2 rings (SSSR count). The van der Waals surface area contributed by atoms with E-state index in [9.17, 15) is 9.59 Å². The van der Waals surface area contributed by atoms with E-state index in [1.54, 1.807) is 6.07 Å². The quantitative estimate of drug-likeness (QED) is 0.852. The summed E-state index contributed by atoms with van der Waals surface area (Å²) in [4.78, 5) is 23.0. The second-order valence-electron chi connectivity index (χ2n) is 5.29. The number of carboxylic acid groups (broad SMARTS) is 1. The molecule has 0 aliphatic heterocycles. The van der Waals surface area contributed by atoms with Crippen LogP contribution in [-0.4, -0.2) is 16.9 Å². The Kier molecular flexibility index (Phi) is 2.77. The maximum absolute atomic E-state index is 12.2. The molecule has 1 N–H and O–H groups in total. The first-order valence-electron chi connectivity index (χ1n) is 5.77. The number of aliphatic carboxylic acids is 1. The van der Waals surface area contributed by atoms with Gasteiger partial charge in [-0.3, -0.25) is 9.59 Å². The summed E-state index contributed by atoms with van der Waals surface area (Å²) in [5.74, 6) is -1.32. The second-order valence-corrected chi connectivity index (χ2v) is 5.29. The van der Waals surface area contributed by atoms with Crippen LogP contribution in [-0.2, 0) is 10.2 Å². The minimum absolute atomic E-state index is 0.0256. The van der Waals surface area contributed by atoms with Crippen LogP contribution in [0.25, 0.3) is 0 Å². The largest absolute Gasteiger partial charge is 0.481 e. The zero-order chi connectivity index (χ0) is 12.6. The summed E-state index contributed by atoms with van der Waals surface area (Å²) in [6.45, 7) is 4.13. The van der Waals surface area contributed by atoms with Crippen molar-refractivity contribution in [2.24, 2.45) is 5.92 Å². The fraction of sp³-hybridized carbons (Fsp3) is 0.429. The number of hydrogen-bond donors (Lipinski definition) is 1. The van der Waals surface area contributed by atoms with E-state index in [2.05, 4.69) is 13.8 Å². The van der Waals surface area contributed by atoms with Gasteiger partial charge in [-0.1, -0.05) is 38.1 Å². The lowest BCUT2D eigenvalue weighted by Crippen LogP contribution is -2.35. The number of ketones is 1. The van der Waals surface area contributed by atoms with Gasteiger partial charge in [-0.2, -0.15) is 0 Å². The molecular weight excluding hydrogens is 216 g/mol. The molecule has 0 saturated carbocycles. The molecule has 3 heteroatoms. The molecule has 0 amide bonds. The number of Topliss-reactive ketones (excluding diaryl/α,β-unsaturated/α-hetero) is 1. The van der Waals surface area contributed by atoms with Gasteiger partial charge in [-0.05, 0) is 17.4 Å². The van der Waals surface area contributed by atoms with Gasteiger partial charge in [0.15, 0.2) is 5.78 Å². The van der Waals surface area contributed by atoms with E-state index < -0.39 is 11.9 Å². The molecule has 1 unspecified atom stereocenters. The van der Waals surface area contributed by atoms with Crippen molar-refractivity contribution >= 4 is 11.8 Å². The predicted molar refractivity (Wildman–Crippen MR) is 64.2 cm³/mol. The first kappa shape index (κ1) is 11.8. The van der Waals surface area contributed by atoms with Crippen LogP contribution in [0.1, 0.15) is 42.6 Å². The van der Waals surface area contributed by atoms with Gasteiger partial charge >= 0.3 is 5.97 Å². The van der Waals surface area contributed by atoms with E-state index in [1.807, 2.05) is 18.2 Å². The average molecular weight is 232 g/mol. The maximum Gasteiger partial charge on any atom is 0.304 e. The van der Waals surface area contributed by atoms with Gasteiger partial charge in [0, 0.05) is 11.5 Å². The highest BCUT2D eigenvalue weighted by Gasteiger charge is 2.38. The van der Waals surface area contributed by atoms with Crippen molar-refractivity contribution in [2.45, 2.75) is 32.1 Å². The van der Waals surface area contributed by atoms with Gasteiger partial charge < -0.3 is 5.11 Å². The van der Waals surface area contributed by atoms with E-state index in [0.29, 0.717) is 12.0 Å². The molecule has 1 atom stereocenters. The Morgan fingerprint density at radius 1 is 1.41 bits per heavy atom. The van der Waals surface area contributed by atoms with Crippen molar-refractivity contribution in [1.82, 2.24) is 0 Å². The SMILES string of the molecule is CC1(C)CC(CC(=O)O)C(=O)c2ccccc21. The van der Waals surface area contributed by atoms with Crippen LogP contribution in [0.2, 0.25) is 0 Å². The summed E-state index contributed by atoms with van der Waals surface area (Å²) in [6, 6.07) is 7.51. The van der Waals surface area contributed by atoms with E-state index in [1.165, 1.54) is 0 Å². The third-order valence-electron chi connectivity index (χ3n) is 3.47. The van der Waals surface area contributed by atoms with E-state index in [0.717, 1.165) is 5.56 Å². The molecule has 17 heavy (non-hydrogen) atoms. The van der Waals surface area contributed by atoms with Crippen molar-refractivity contribution in [1.29, 1.82) is 0 Å².